The molecule has 0 aliphatic carbocycles. The van der Waals surface area contributed by atoms with E-state index in [1.54, 1.807) is 48.7 Å². The molecule has 2 aromatic carbocycles. The summed E-state index contributed by atoms with van der Waals surface area (Å²) in [5.41, 5.74) is 1.47. The van der Waals surface area contributed by atoms with Crippen LogP contribution in [0.25, 0.3) is 0 Å². The fraction of sp³-hybridized carbons (Fsp3) is 0.158. The van der Waals surface area contributed by atoms with E-state index in [-0.39, 0.29) is 18.1 Å². The molecule has 1 heterocycles. The molecule has 2 N–H and O–H groups in total. The van der Waals surface area contributed by atoms with Crippen molar-refractivity contribution in [1.29, 1.82) is 0 Å². The number of anilines is 2. The van der Waals surface area contributed by atoms with Crippen molar-refractivity contribution in [2.45, 2.75) is 12.8 Å². The number of benzene rings is 2. The second kappa shape index (κ2) is 8.49. The summed E-state index contributed by atoms with van der Waals surface area (Å²) in [5.74, 6) is -0.606. The van der Waals surface area contributed by atoms with Gasteiger partial charge in [-0.15, -0.1) is 11.3 Å². The van der Waals surface area contributed by atoms with Crippen LogP contribution in [0.3, 0.4) is 0 Å². The molecular formula is C19H18FN3O3S2. The van der Waals surface area contributed by atoms with E-state index >= 15 is 0 Å². The lowest BCUT2D eigenvalue weighted by Crippen LogP contribution is -2.17. The first-order valence-electron chi connectivity index (χ1n) is 8.34. The van der Waals surface area contributed by atoms with Gasteiger partial charge in [-0.1, -0.05) is 36.4 Å². The summed E-state index contributed by atoms with van der Waals surface area (Å²) >= 11 is 1.27. The molecule has 3 rings (SSSR count). The SMILES string of the molecule is CS(=O)(=O)Nc1ccccc1CC(=O)Nc1ncc(Cc2ccccc2F)s1. The molecule has 0 atom stereocenters. The zero-order chi connectivity index (χ0) is 20.1. The molecule has 0 fully saturated rings. The third-order valence-electron chi connectivity index (χ3n) is 3.79. The summed E-state index contributed by atoms with van der Waals surface area (Å²) in [6, 6.07) is 13.2. The number of rotatable bonds is 7. The molecule has 146 valence electrons. The summed E-state index contributed by atoms with van der Waals surface area (Å²) in [4.78, 5) is 17.3. The summed E-state index contributed by atoms with van der Waals surface area (Å²) in [5, 5.41) is 3.11. The lowest BCUT2D eigenvalue weighted by molar-refractivity contribution is -0.115. The van der Waals surface area contributed by atoms with E-state index in [4.69, 9.17) is 0 Å². The van der Waals surface area contributed by atoms with E-state index in [1.807, 2.05) is 0 Å². The number of nitrogens with one attached hydrogen (secondary N) is 2. The van der Waals surface area contributed by atoms with Gasteiger partial charge in [-0.05, 0) is 23.3 Å². The Morgan fingerprint density at radius 1 is 1.11 bits per heavy atom. The Morgan fingerprint density at radius 2 is 1.79 bits per heavy atom. The Morgan fingerprint density at radius 3 is 2.50 bits per heavy atom. The van der Waals surface area contributed by atoms with Crippen molar-refractivity contribution in [2.75, 3.05) is 16.3 Å². The van der Waals surface area contributed by atoms with Gasteiger partial charge >= 0.3 is 0 Å². The summed E-state index contributed by atoms with van der Waals surface area (Å²) in [6.45, 7) is 0. The first-order valence-corrected chi connectivity index (χ1v) is 11.0. The third-order valence-corrected chi connectivity index (χ3v) is 5.29. The molecule has 0 saturated heterocycles. The maximum atomic E-state index is 13.8. The van der Waals surface area contributed by atoms with Crippen molar-refractivity contribution >= 4 is 38.1 Å². The van der Waals surface area contributed by atoms with Crippen LogP contribution >= 0.6 is 11.3 Å². The number of thiazole rings is 1. The average molecular weight is 420 g/mol. The molecule has 1 aromatic heterocycles. The standard InChI is InChI=1S/C19H18FN3O3S2/c1-28(25,26)23-17-9-5-3-7-14(17)11-18(24)22-19-21-12-15(27-19)10-13-6-2-4-8-16(13)20/h2-9,12,23H,10-11H2,1H3,(H,21,22,24). The van der Waals surface area contributed by atoms with Crippen molar-refractivity contribution < 1.29 is 17.6 Å². The number of hydrogen-bond donors (Lipinski definition) is 2. The molecule has 1 amide bonds. The maximum Gasteiger partial charge on any atom is 0.230 e. The van der Waals surface area contributed by atoms with Crippen LogP contribution in [-0.2, 0) is 27.7 Å². The van der Waals surface area contributed by atoms with Gasteiger partial charge in [0.25, 0.3) is 0 Å². The monoisotopic (exact) mass is 419 g/mol. The molecule has 0 aliphatic rings. The molecule has 28 heavy (non-hydrogen) atoms. The van der Waals surface area contributed by atoms with Gasteiger partial charge in [0.15, 0.2) is 5.13 Å². The summed E-state index contributed by atoms with van der Waals surface area (Å²) < 4.78 is 39.1. The molecule has 0 saturated carbocycles. The number of carbonyl (C=O) groups excluding carboxylic acids is 1. The number of halogens is 1. The van der Waals surface area contributed by atoms with E-state index in [2.05, 4.69) is 15.0 Å². The fourth-order valence-corrected chi connectivity index (χ4v) is 4.04. The minimum absolute atomic E-state index is 0.0130. The van der Waals surface area contributed by atoms with Crippen LogP contribution in [0, 0.1) is 5.82 Å². The molecule has 0 aliphatic heterocycles. The van der Waals surface area contributed by atoms with Gasteiger partial charge in [0, 0.05) is 17.5 Å². The van der Waals surface area contributed by atoms with Crippen molar-refractivity contribution in [2.24, 2.45) is 0 Å². The van der Waals surface area contributed by atoms with Gasteiger partial charge in [0.1, 0.15) is 5.82 Å². The molecule has 6 nitrogen and oxygen atoms in total. The second-order valence-electron chi connectivity index (χ2n) is 6.16. The zero-order valence-electron chi connectivity index (χ0n) is 15.0. The number of amides is 1. The topological polar surface area (TPSA) is 88.2 Å². The Balaban J connectivity index is 1.65. The van der Waals surface area contributed by atoms with Crippen molar-refractivity contribution in [3.8, 4) is 0 Å². The predicted octanol–water partition coefficient (Wildman–Crippen LogP) is 3.43. The largest absolute Gasteiger partial charge is 0.302 e. The lowest BCUT2D eigenvalue weighted by atomic mass is 10.1. The number of nitrogens with zero attached hydrogens (tertiary/aromatic N) is 1. The Hall–Kier alpha value is -2.78. The van der Waals surface area contributed by atoms with Gasteiger partial charge in [-0.25, -0.2) is 17.8 Å². The Kier molecular flexibility index (Phi) is 6.05. The number of sulfonamides is 1. The molecule has 3 aromatic rings. The Bertz CT molecular complexity index is 1100. The van der Waals surface area contributed by atoms with Crippen molar-refractivity contribution in [3.63, 3.8) is 0 Å². The minimum Gasteiger partial charge on any atom is -0.302 e. The first-order chi connectivity index (χ1) is 13.3. The second-order valence-corrected chi connectivity index (χ2v) is 9.02. The molecule has 0 bridgehead atoms. The molecule has 0 unspecified atom stereocenters. The van der Waals surface area contributed by atoms with E-state index in [1.165, 1.54) is 17.4 Å². The number of carbonyl (C=O) groups is 1. The number of aromatic nitrogens is 1. The van der Waals surface area contributed by atoms with Gasteiger partial charge in [-0.2, -0.15) is 0 Å². The maximum absolute atomic E-state index is 13.8. The highest BCUT2D eigenvalue weighted by Crippen LogP contribution is 2.23. The third kappa shape index (κ3) is 5.61. The summed E-state index contributed by atoms with van der Waals surface area (Å²) in [7, 11) is -3.45. The smallest absolute Gasteiger partial charge is 0.230 e. The predicted molar refractivity (Wildman–Crippen MR) is 109 cm³/mol. The number of para-hydroxylation sites is 1. The summed E-state index contributed by atoms with van der Waals surface area (Å²) in [6.07, 6.45) is 3.03. The quantitative estimate of drug-likeness (QED) is 0.614. The Labute approximate surface area is 166 Å². The van der Waals surface area contributed by atoms with Crippen LogP contribution < -0.4 is 10.0 Å². The van der Waals surface area contributed by atoms with Crippen LogP contribution in [0.15, 0.2) is 54.7 Å². The highest BCUT2D eigenvalue weighted by molar-refractivity contribution is 7.92. The van der Waals surface area contributed by atoms with Crippen molar-refractivity contribution in [1.82, 2.24) is 4.98 Å². The average Bonchev–Trinajstić information content (AvgIpc) is 3.04. The van der Waals surface area contributed by atoms with Gasteiger partial charge in [0.05, 0.1) is 18.4 Å². The fourth-order valence-electron chi connectivity index (χ4n) is 2.59. The lowest BCUT2D eigenvalue weighted by Gasteiger charge is -2.10. The van der Waals surface area contributed by atoms with Crippen LogP contribution in [0.4, 0.5) is 15.2 Å². The van der Waals surface area contributed by atoms with E-state index in [0.29, 0.717) is 28.4 Å². The van der Waals surface area contributed by atoms with Crippen LogP contribution in [0.1, 0.15) is 16.0 Å². The normalized spacial score (nSPS) is 11.2. The van der Waals surface area contributed by atoms with Gasteiger partial charge in [0.2, 0.25) is 15.9 Å². The minimum atomic E-state index is -3.45. The molecule has 0 radical (unpaired) electrons. The van der Waals surface area contributed by atoms with E-state index in [0.717, 1.165) is 11.1 Å². The highest BCUT2D eigenvalue weighted by atomic mass is 32.2. The van der Waals surface area contributed by atoms with Crippen LogP contribution in [-0.4, -0.2) is 25.6 Å². The van der Waals surface area contributed by atoms with E-state index in [9.17, 15) is 17.6 Å². The molecule has 9 heteroatoms. The highest BCUT2D eigenvalue weighted by Gasteiger charge is 2.13. The van der Waals surface area contributed by atoms with Crippen molar-refractivity contribution in [3.05, 3.63) is 76.5 Å². The van der Waals surface area contributed by atoms with Gasteiger partial charge < -0.3 is 5.32 Å². The first kappa shape index (κ1) is 20.0. The van der Waals surface area contributed by atoms with Gasteiger partial charge in [-0.3, -0.25) is 9.52 Å². The molecule has 0 spiro atoms. The van der Waals surface area contributed by atoms with Crippen LogP contribution in [0.5, 0.6) is 0 Å². The van der Waals surface area contributed by atoms with Crippen LogP contribution in [0.2, 0.25) is 0 Å². The molecular weight excluding hydrogens is 401 g/mol. The zero-order valence-corrected chi connectivity index (χ0v) is 16.6. The number of hydrogen-bond acceptors (Lipinski definition) is 5. The van der Waals surface area contributed by atoms with E-state index < -0.39 is 10.0 Å².